The van der Waals surface area contributed by atoms with Crippen molar-refractivity contribution in [3.8, 4) is 23.0 Å². The molecule has 6 nitrogen and oxygen atoms in total. The molecule has 4 rings (SSSR count). The molecule has 6 heteroatoms. The SMILES string of the molecule is COc1ccc(C[C@@H]2c3cc4c(cc3CCN2C)OCO4)c(C=O)c1OC. The maximum Gasteiger partial charge on any atom is 0.231 e. The van der Waals surface area contributed by atoms with Gasteiger partial charge in [-0.3, -0.25) is 9.69 Å². The first-order valence-electron chi connectivity index (χ1n) is 8.98. The van der Waals surface area contributed by atoms with Gasteiger partial charge in [-0.05, 0) is 54.8 Å². The average Bonchev–Trinajstić information content (AvgIpc) is 3.15. The van der Waals surface area contributed by atoms with Crippen molar-refractivity contribution in [1.29, 1.82) is 0 Å². The third-order valence-corrected chi connectivity index (χ3v) is 5.46. The highest BCUT2D eigenvalue weighted by Gasteiger charge is 2.29. The number of benzene rings is 2. The van der Waals surface area contributed by atoms with Gasteiger partial charge in [0.1, 0.15) is 0 Å². The van der Waals surface area contributed by atoms with Gasteiger partial charge in [-0.1, -0.05) is 6.07 Å². The Labute approximate surface area is 158 Å². The van der Waals surface area contributed by atoms with Crippen LogP contribution < -0.4 is 18.9 Å². The fraction of sp³-hybridized carbons (Fsp3) is 0.381. The van der Waals surface area contributed by atoms with E-state index in [1.165, 1.54) is 11.1 Å². The lowest BCUT2D eigenvalue weighted by Gasteiger charge is -2.35. The molecule has 1 atom stereocenters. The molecule has 2 aliphatic rings. The first-order valence-corrected chi connectivity index (χ1v) is 8.98. The Kier molecular flexibility index (Phi) is 4.66. The number of ether oxygens (including phenoxy) is 4. The van der Waals surface area contributed by atoms with Gasteiger partial charge in [-0.15, -0.1) is 0 Å². The van der Waals surface area contributed by atoms with Crippen molar-refractivity contribution < 1.29 is 23.7 Å². The second-order valence-corrected chi connectivity index (χ2v) is 6.85. The molecule has 0 unspecified atom stereocenters. The van der Waals surface area contributed by atoms with E-state index >= 15 is 0 Å². The summed E-state index contributed by atoms with van der Waals surface area (Å²) in [4.78, 5) is 14.1. The Balaban J connectivity index is 1.74. The van der Waals surface area contributed by atoms with Crippen LogP contribution in [0.2, 0.25) is 0 Å². The first-order chi connectivity index (χ1) is 13.2. The van der Waals surface area contributed by atoms with E-state index in [9.17, 15) is 4.79 Å². The summed E-state index contributed by atoms with van der Waals surface area (Å²) < 4.78 is 21.9. The van der Waals surface area contributed by atoms with Crippen LogP contribution in [0.5, 0.6) is 23.0 Å². The van der Waals surface area contributed by atoms with Crippen LogP contribution in [0, 0.1) is 0 Å². The summed E-state index contributed by atoms with van der Waals surface area (Å²) in [5.74, 6) is 2.65. The minimum Gasteiger partial charge on any atom is -0.493 e. The van der Waals surface area contributed by atoms with Crippen molar-refractivity contribution in [2.75, 3.05) is 34.6 Å². The van der Waals surface area contributed by atoms with Gasteiger partial charge in [-0.2, -0.15) is 0 Å². The predicted molar refractivity (Wildman–Crippen MR) is 100 cm³/mol. The van der Waals surface area contributed by atoms with Crippen molar-refractivity contribution in [1.82, 2.24) is 4.90 Å². The van der Waals surface area contributed by atoms with Gasteiger partial charge in [0.15, 0.2) is 29.3 Å². The van der Waals surface area contributed by atoms with E-state index in [-0.39, 0.29) is 12.8 Å². The molecule has 0 fully saturated rings. The topological polar surface area (TPSA) is 57.2 Å². The Morgan fingerprint density at radius 2 is 1.96 bits per heavy atom. The van der Waals surface area contributed by atoms with E-state index in [1.807, 2.05) is 12.1 Å². The fourth-order valence-electron chi connectivity index (χ4n) is 3.99. The van der Waals surface area contributed by atoms with Gasteiger partial charge in [0.2, 0.25) is 6.79 Å². The van der Waals surface area contributed by atoms with E-state index in [4.69, 9.17) is 18.9 Å². The lowest BCUT2D eigenvalue weighted by molar-refractivity contribution is 0.111. The number of methoxy groups -OCH3 is 2. The Hall–Kier alpha value is -2.73. The molecular weight excluding hydrogens is 346 g/mol. The van der Waals surface area contributed by atoms with Crippen LogP contribution in [0.3, 0.4) is 0 Å². The van der Waals surface area contributed by atoms with Gasteiger partial charge >= 0.3 is 0 Å². The summed E-state index contributed by atoms with van der Waals surface area (Å²) in [6.45, 7) is 1.21. The third kappa shape index (κ3) is 3.00. The van der Waals surface area contributed by atoms with Gasteiger partial charge in [0.25, 0.3) is 0 Å². The molecule has 2 heterocycles. The first kappa shape index (κ1) is 17.7. The van der Waals surface area contributed by atoms with E-state index < -0.39 is 0 Å². The van der Waals surface area contributed by atoms with Gasteiger partial charge in [0.05, 0.1) is 19.8 Å². The monoisotopic (exact) mass is 369 g/mol. The zero-order chi connectivity index (χ0) is 19.0. The van der Waals surface area contributed by atoms with E-state index in [0.29, 0.717) is 23.5 Å². The van der Waals surface area contributed by atoms with Crippen molar-refractivity contribution in [3.05, 3.63) is 46.5 Å². The maximum atomic E-state index is 11.8. The lowest BCUT2D eigenvalue weighted by atomic mass is 9.87. The second kappa shape index (κ2) is 7.12. The van der Waals surface area contributed by atoms with Crippen LogP contribution in [0.1, 0.15) is 33.1 Å². The quantitative estimate of drug-likeness (QED) is 0.755. The fourth-order valence-corrected chi connectivity index (χ4v) is 3.99. The van der Waals surface area contributed by atoms with Crippen LogP contribution in [-0.2, 0) is 12.8 Å². The number of likely N-dealkylation sites (N-methyl/N-ethyl adjacent to an activating group) is 1. The molecule has 0 aromatic heterocycles. The number of carbonyl (C=O) groups is 1. The second-order valence-electron chi connectivity index (χ2n) is 6.85. The summed E-state index contributed by atoms with van der Waals surface area (Å²) in [6, 6.07) is 8.11. The molecular formula is C21H23NO5. The number of carbonyl (C=O) groups excluding carboxylic acids is 1. The number of aldehydes is 1. The summed E-state index contributed by atoms with van der Waals surface area (Å²) in [6.07, 6.45) is 2.50. The van der Waals surface area contributed by atoms with Crippen LogP contribution in [0.15, 0.2) is 24.3 Å². The summed E-state index contributed by atoms with van der Waals surface area (Å²) in [5.41, 5.74) is 3.97. The van der Waals surface area contributed by atoms with E-state index in [2.05, 4.69) is 24.1 Å². The summed E-state index contributed by atoms with van der Waals surface area (Å²) in [5, 5.41) is 0. The van der Waals surface area contributed by atoms with Gasteiger partial charge in [-0.25, -0.2) is 0 Å². The van der Waals surface area contributed by atoms with Crippen molar-refractivity contribution >= 4 is 6.29 Å². The molecule has 0 spiro atoms. The zero-order valence-corrected chi connectivity index (χ0v) is 15.8. The standard InChI is InChI=1S/C21H23NO5/c1-22-7-6-14-9-19-20(27-12-26-19)10-15(14)17(22)8-13-4-5-18(24-2)21(25-3)16(13)11-23/h4-5,9-11,17H,6-8,12H2,1-3H3/t17-/m1/s1. The smallest absolute Gasteiger partial charge is 0.231 e. The number of rotatable bonds is 5. The van der Waals surface area contributed by atoms with Crippen molar-refractivity contribution in [3.63, 3.8) is 0 Å². The van der Waals surface area contributed by atoms with Gasteiger partial charge in [0, 0.05) is 12.6 Å². The molecule has 142 valence electrons. The zero-order valence-electron chi connectivity index (χ0n) is 15.8. The molecule has 27 heavy (non-hydrogen) atoms. The number of hydrogen-bond donors (Lipinski definition) is 0. The highest BCUT2D eigenvalue weighted by atomic mass is 16.7. The molecule has 2 aromatic carbocycles. The average molecular weight is 369 g/mol. The number of fused-ring (bicyclic) bond motifs is 2. The Bertz CT molecular complexity index is 879. The number of hydrogen-bond acceptors (Lipinski definition) is 6. The molecule has 2 aliphatic heterocycles. The number of nitrogens with zero attached hydrogens (tertiary/aromatic N) is 1. The molecule has 2 aromatic rings. The molecule has 0 aliphatic carbocycles. The minimum atomic E-state index is 0.139. The molecule has 0 bridgehead atoms. The van der Waals surface area contributed by atoms with E-state index in [0.717, 1.165) is 36.3 Å². The predicted octanol–water partition coefficient (Wildman–Crippen LogP) is 3.02. The third-order valence-electron chi connectivity index (χ3n) is 5.46. The Morgan fingerprint density at radius 3 is 2.67 bits per heavy atom. The van der Waals surface area contributed by atoms with Crippen molar-refractivity contribution in [2.24, 2.45) is 0 Å². The highest BCUT2D eigenvalue weighted by Crippen LogP contribution is 2.42. The normalized spacial score (nSPS) is 18.1. The lowest BCUT2D eigenvalue weighted by Crippen LogP contribution is -2.33. The van der Waals surface area contributed by atoms with Crippen LogP contribution in [-0.4, -0.2) is 45.8 Å². The minimum absolute atomic E-state index is 0.139. The Morgan fingerprint density at radius 1 is 1.19 bits per heavy atom. The molecule has 0 amide bonds. The van der Waals surface area contributed by atoms with Crippen molar-refractivity contribution in [2.45, 2.75) is 18.9 Å². The summed E-state index contributed by atoms with van der Waals surface area (Å²) in [7, 11) is 5.23. The van der Waals surface area contributed by atoms with Crippen LogP contribution in [0.4, 0.5) is 0 Å². The van der Waals surface area contributed by atoms with E-state index in [1.54, 1.807) is 14.2 Å². The van der Waals surface area contributed by atoms with Crippen LogP contribution >= 0.6 is 0 Å². The maximum absolute atomic E-state index is 11.8. The molecule has 0 N–H and O–H groups in total. The molecule has 0 radical (unpaired) electrons. The molecule has 0 saturated carbocycles. The van der Waals surface area contributed by atoms with Crippen LogP contribution in [0.25, 0.3) is 0 Å². The van der Waals surface area contributed by atoms with Gasteiger partial charge < -0.3 is 18.9 Å². The largest absolute Gasteiger partial charge is 0.493 e. The highest BCUT2D eigenvalue weighted by molar-refractivity contribution is 5.83. The molecule has 0 saturated heterocycles. The summed E-state index contributed by atoms with van der Waals surface area (Å²) >= 11 is 0.